The zero-order chi connectivity index (χ0) is 14.0. The van der Waals surface area contributed by atoms with Crippen LogP contribution in [-0.4, -0.2) is 43.3 Å². The van der Waals surface area contributed by atoms with Crippen LogP contribution >= 0.6 is 0 Å². The van der Waals surface area contributed by atoms with Crippen LogP contribution in [0.25, 0.3) is 0 Å². The Balaban J connectivity index is 2.30. The number of aromatic nitrogens is 2. The highest BCUT2D eigenvalue weighted by atomic mass is 19.4. The Labute approximate surface area is 108 Å². The van der Waals surface area contributed by atoms with Crippen LogP contribution in [0.1, 0.15) is 12.1 Å². The second-order valence-electron chi connectivity index (χ2n) is 4.28. The number of nitrogens with one attached hydrogen (secondary N) is 1. The van der Waals surface area contributed by atoms with E-state index in [-0.39, 0.29) is 17.9 Å². The molecule has 0 amide bonds. The number of nitrogens with zero attached hydrogens (tertiary/aromatic N) is 3. The van der Waals surface area contributed by atoms with Crippen molar-refractivity contribution in [2.75, 3.05) is 37.5 Å². The molecule has 106 valence electrons. The highest BCUT2D eigenvalue weighted by molar-refractivity contribution is 5.46. The second-order valence-corrected chi connectivity index (χ2v) is 4.28. The molecule has 0 bridgehead atoms. The lowest BCUT2D eigenvalue weighted by Crippen LogP contribution is -2.24. The number of methoxy groups -OCH3 is 1. The van der Waals surface area contributed by atoms with Crippen LogP contribution in [0.2, 0.25) is 0 Å². The maximum absolute atomic E-state index is 12.8. The number of hydrogen-bond donors (Lipinski definition) is 1. The number of ether oxygens (including phenoxy) is 1. The number of alkyl halides is 3. The molecule has 0 saturated carbocycles. The normalized spacial score (nSPS) is 19.8. The summed E-state index contributed by atoms with van der Waals surface area (Å²) in [5.74, 6) is 0.233. The van der Waals surface area contributed by atoms with Gasteiger partial charge >= 0.3 is 6.18 Å². The fourth-order valence-electron chi connectivity index (χ4n) is 1.98. The zero-order valence-corrected chi connectivity index (χ0v) is 10.7. The number of halogens is 3. The quantitative estimate of drug-likeness (QED) is 0.911. The Bertz CT molecular complexity index is 452. The summed E-state index contributed by atoms with van der Waals surface area (Å²) in [4.78, 5) is 9.26. The highest BCUT2D eigenvalue weighted by Gasteiger charge is 2.35. The summed E-state index contributed by atoms with van der Waals surface area (Å²) in [6.07, 6.45) is -3.68. The Morgan fingerprint density at radius 1 is 1.42 bits per heavy atom. The van der Waals surface area contributed by atoms with E-state index >= 15 is 0 Å². The van der Waals surface area contributed by atoms with Crippen LogP contribution < -0.4 is 10.2 Å². The molecule has 8 heteroatoms. The minimum atomic E-state index is -4.48. The van der Waals surface area contributed by atoms with Gasteiger partial charge in [0.2, 0.25) is 5.95 Å². The van der Waals surface area contributed by atoms with Gasteiger partial charge in [-0.1, -0.05) is 0 Å². The summed E-state index contributed by atoms with van der Waals surface area (Å²) < 4.78 is 43.5. The first-order chi connectivity index (χ1) is 8.94. The molecule has 0 radical (unpaired) electrons. The van der Waals surface area contributed by atoms with Crippen molar-refractivity contribution in [3.63, 3.8) is 0 Å². The van der Waals surface area contributed by atoms with E-state index in [1.165, 1.54) is 7.05 Å². The molecule has 1 aliphatic rings. The van der Waals surface area contributed by atoms with Crippen molar-refractivity contribution in [2.24, 2.45) is 0 Å². The first-order valence-electron chi connectivity index (χ1n) is 5.86. The van der Waals surface area contributed by atoms with E-state index < -0.39 is 11.9 Å². The van der Waals surface area contributed by atoms with Crippen molar-refractivity contribution >= 4 is 11.8 Å². The predicted octanol–water partition coefficient (Wildman–Crippen LogP) is 1.76. The molecule has 1 saturated heterocycles. The van der Waals surface area contributed by atoms with Gasteiger partial charge in [-0.05, 0) is 6.42 Å². The molecule has 1 fully saturated rings. The third-order valence-electron chi connectivity index (χ3n) is 3.03. The lowest BCUT2D eigenvalue weighted by molar-refractivity contribution is -0.141. The Morgan fingerprint density at radius 3 is 2.68 bits per heavy atom. The standard InChI is InChI=1S/C11H15F3N4O/c1-15-10-16-8(11(12,13)14)5-9(17-10)18-4-3-7(6-18)19-2/h5,7H,3-4,6H2,1-2H3,(H,15,16,17). The van der Waals surface area contributed by atoms with Gasteiger partial charge in [0.05, 0.1) is 6.10 Å². The molecular weight excluding hydrogens is 261 g/mol. The van der Waals surface area contributed by atoms with E-state index in [9.17, 15) is 13.2 Å². The van der Waals surface area contributed by atoms with Crippen LogP contribution in [0.4, 0.5) is 24.9 Å². The van der Waals surface area contributed by atoms with Crippen molar-refractivity contribution < 1.29 is 17.9 Å². The van der Waals surface area contributed by atoms with Crippen molar-refractivity contribution in [1.29, 1.82) is 0 Å². The largest absolute Gasteiger partial charge is 0.433 e. The minimum Gasteiger partial charge on any atom is -0.380 e. The summed E-state index contributed by atoms with van der Waals surface area (Å²) in [6.45, 7) is 1.16. The van der Waals surface area contributed by atoms with Crippen LogP contribution in [0, 0.1) is 0 Å². The molecule has 2 rings (SSSR count). The first-order valence-corrected chi connectivity index (χ1v) is 5.86. The molecular formula is C11H15F3N4O. The summed E-state index contributed by atoms with van der Waals surface area (Å²) in [5, 5.41) is 2.55. The molecule has 19 heavy (non-hydrogen) atoms. The molecule has 1 aromatic rings. The van der Waals surface area contributed by atoms with Crippen molar-refractivity contribution in [1.82, 2.24) is 9.97 Å². The lowest BCUT2D eigenvalue weighted by atomic mass is 10.3. The molecule has 1 unspecified atom stereocenters. The van der Waals surface area contributed by atoms with Crippen LogP contribution in [0.3, 0.4) is 0 Å². The molecule has 1 aromatic heterocycles. The van der Waals surface area contributed by atoms with E-state index in [4.69, 9.17) is 4.74 Å². The molecule has 1 N–H and O–H groups in total. The topological polar surface area (TPSA) is 50.3 Å². The molecule has 1 atom stereocenters. The van der Waals surface area contributed by atoms with E-state index in [0.717, 1.165) is 12.5 Å². The third kappa shape index (κ3) is 3.06. The van der Waals surface area contributed by atoms with E-state index in [1.807, 2.05) is 0 Å². The number of hydrogen-bond acceptors (Lipinski definition) is 5. The average molecular weight is 276 g/mol. The van der Waals surface area contributed by atoms with Gasteiger partial charge in [-0.3, -0.25) is 0 Å². The Morgan fingerprint density at radius 2 is 2.16 bits per heavy atom. The second kappa shape index (κ2) is 5.20. The summed E-state index contributed by atoms with van der Waals surface area (Å²) in [7, 11) is 3.08. The van der Waals surface area contributed by atoms with Gasteiger partial charge in [0, 0.05) is 33.3 Å². The maximum atomic E-state index is 12.8. The maximum Gasteiger partial charge on any atom is 0.433 e. The van der Waals surface area contributed by atoms with Crippen molar-refractivity contribution in [3.05, 3.63) is 11.8 Å². The Kier molecular flexibility index (Phi) is 3.79. The number of rotatable bonds is 3. The average Bonchev–Trinajstić information content (AvgIpc) is 2.86. The van der Waals surface area contributed by atoms with Crippen molar-refractivity contribution in [2.45, 2.75) is 18.7 Å². The SMILES string of the molecule is CNc1nc(N2CCC(OC)C2)cc(C(F)(F)F)n1. The number of anilines is 2. The van der Waals surface area contributed by atoms with Crippen LogP contribution in [-0.2, 0) is 10.9 Å². The monoisotopic (exact) mass is 276 g/mol. The predicted molar refractivity (Wildman–Crippen MR) is 64.2 cm³/mol. The summed E-state index contributed by atoms with van der Waals surface area (Å²) in [6, 6.07) is 0.971. The van der Waals surface area contributed by atoms with Gasteiger partial charge in [0.1, 0.15) is 5.82 Å². The van der Waals surface area contributed by atoms with Gasteiger partial charge in [-0.2, -0.15) is 18.2 Å². The molecule has 2 heterocycles. The smallest absolute Gasteiger partial charge is 0.380 e. The first kappa shape index (κ1) is 13.9. The third-order valence-corrected chi connectivity index (χ3v) is 3.03. The fourth-order valence-corrected chi connectivity index (χ4v) is 1.98. The van der Waals surface area contributed by atoms with Gasteiger partial charge in [-0.15, -0.1) is 0 Å². The molecule has 0 aromatic carbocycles. The zero-order valence-electron chi connectivity index (χ0n) is 10.7. The van der Waals surface area contributed by atoms with E-state index in [0.29, 0.717) is 13.1 Å². The fraction of sp³-hybridized carbons (Fsp3) is 0.636. The molecule has 5 nitrogen and oxygen atoms in total. The lowest BCUT2D eigenvalue weighted by Gasteiger charge is -2.19. The van der Waals surface area contributed by atoms with Crippen LogP contribution in [0.5, 0.6) is 0 Å². The molecule has 0 aliphatic carbocycles. The van der Waals surface area contributed by atoms with Gasteiger partial charge in [0.15, 0.2) is 5.69 Å². The van der Waals surface area contributed by atoms with Crippen molar-refractivity contribution in [3.8, 4) is 0 Å². The Hall–Kier alpha value is -1.57. The highest BCUT2D eigenvalue weighted by Crippen LogP contribution is 2.31. The van der Waals surface area contributed by atoms with Gasteiger partial charge < -0.3 is 15.0 Å². The molecule has 1 aliphatic heterocycles. The van der Waals surface area contributed by atoms with E-state index in [2.05, 4.69) is 15.3 Å². The van der Waals surface area contributed by atoms with Gasteiger partial charge in [0.25, 0.3) is 0 Å². The summed E-state index contributed by atoms with van der Waals surface area (Å²) in [5.41, 5.74) is -0.942. The van der Waals surface area contributed by atoms with E-state index in [1.54, 1.807) is 12.0 Å². The van der Waals surface area contributed by atoms with Gasteiger partial charge in [-0.25, -0.2) is 4.98 Å². The minimum absolute atomic E-state index is 0.0299. The summed E-state index contributed by atoms with van der Waals surface area (Å²) >= 11 is 0. The van der Waals surface area contributed by atoms with Crippen LogP contribution in [0.15, 0.2) is 6.07 Å². The molecule has 0 spiro atoms.